The maximum Gasteiger partial charge on any atom is 0.297 e. The van der Waals surface area contributed by atoms with Crippen molar-refractivity contribution in [3.05, 3.63) is 88.3 Å². The van der Waals surface area contributed by atoms with E-state index in [1.54, 1.807) is 10.9 Å². The Balaban J connectivity index is 1.82. The van der Waals surface area contributed by atoms with E-state index in [1.165, 1.54) is 0 Å². The number of aromatic nitrogens is 2. The van der Waals surface area contributed by atoms with Gasteiger partial charge in [0.25, 0.3) is 13.9 Å². The summed E-state index contributed by atoms with van der Waals surface area (Å²) in [5.74, 6) is 0.858. The Bertz CT molecular complexity index is 1370. The van der Waals surface area contributed by atoms with Crippen molar-refractivity contribution in [2.24, 2.45) is 12.0 Å². The Morgan fingerprint density at radius 3 is 2.12 bits per heavy atom. The van der Waals surface area contributed by atoms with Gasteiger partial charge in [-0.3, -0.25) is 9.48 Å². The zero-order valence-corrected chi connectivity index (χ0v) is 21.7. The van der Waals surface area contributed by atoms with Crippen LogP contribution < -0.4 is 9.99 Å². The van der Waals surface area contributed by atoms with Crippen molar-refractivity contribution in [3.8, 4) is 11.4 Å². The summed E-state index contributed by atoms with van der Waals surface area (Å²) in [4.78, 5) is 18.0. The highest BCUT2D eigenvalue weighted by Gasteiger charge is 2.31. The zero-order valence-electron chi connectivity index (χ0n) is 20.7. The third-order valence-corrected chi connectivity index (χ3v) is 11.5. The van der Waals surface area contributed by atoms with Crippen LogP contribution in [0, 0.1) is 6.92 Å². The first-order chi connectivity index (χ1) is 16.4. The van der Waals surface area contributed by atoms with Crippen molar-refractivity contribution >= 4 is 31.0 Å². The molecule has 0 atom stereocenters. The summed E-state index contributed by atoms with van der Waals surface area (Å²) in [5, 5.41) is 2.27. The lowest BCUT2D eigenvalue weighted by atomic mass is 10.1. The van der Waals surface area contributed by atoms with E-state index >= 15 is 0 Å². The smallest absolute Gasteiger partial charge is 0.297 e. The fraction of sp³-hybridized carbons (Fsp3) is 0.286. The molecule has 4 aromatic rings. The minimum Gasteiger partial charge on any atom is -0.543 e. The first kappa shape index (κ1) is 23.8. The lowest BCUT2D eigenvalue weighted by molar-refractivity contribution is 0.532. The van der Waals surface area contributed by atoms with Crippen LogP contribution >= 0.6 is 0 Å². The predicted molar refractivity (Wildman–Crippen MR) is 145 cm³/mol. The molecule has 0 aliphatic carbocycles. The lowest BCUT2D eigenvalue weighted by Crippen LogP contribution is -2.39. The van der Waals surface area contributed by atoms with E-state index < -0.39 is 8.32 Å². The molecule has 0 bridgehead atoms. The van der Waals surface area contributed by atoms with Crippen molar-refractivity contribution in [1.82, 2.24) is 9.36 Å². The number of aliphatic imine (C=N–C) groups is 1. The Labute approximate surface area is 202 Å². The van der Waals surface area contributed by atoms with E-state index in [1.807, 2.05) is 61.1 Å². The lowest BCUT2D eigenvalue weighted by Gasteiger charge is -2.30. The van der Waals surface area contributed by atoms with Crippen LogP contribution in [0.5, 0.6) is 5.75 Å². The highest BCUT2D eigenvalue weighted by Crippen LogP contribution is 2.31. The van der Waals surface area contributed by atoms with E-state index in [9.17, 15) is 4.79 Å². The summed E-state index contributed by atoms with van der Waals surface area (Å²) in [6.45, 7) is 8.61. The molecule has 34 heavy (non-hydrogen) atoms. The summed E-state index contributed by atoms with van der Waals surface area (Å²) in [5.41, 5.74) is 2.84. The molecule has 4 rings (SSSR count). The molecule has 0 fully saturated rings. The predicted octanol–water partition coefficient (Wildman–Crippen LogP) is 6.77. The maximum atomic E-state index is 13.3. The Morgan fingerprint density at radius 2 is 1.50 bits per heavy atom. The average Bonchev–Trinajstić information content (AvgIpc) is 3.09. The fourth-order valence-electron chi connectivity index (χ4n) is 4.46. The number of para-hydroxylation sites is 1. The molecule has 3 aromatic carbocycles. The molecular weight excluding hydrogens is 438 g/mol. The molecule has 0 spiro atoms. The third kappa shape index (κ3) is 4.38. The Morgan fingerprint density at radius 1 is 0.912 bits per heavy atom. The van der Waals surface area contributed by atoms with Gasteiger partial charge in [0.2, 0.25) is 0 Å². The van der Waals surface area contributed by atoms with Gasteiger partial charge < -0.3 is 4.43 Å². The van der Waals surface area contributed by atoms with Gasteiger partial charge in [-0.15, -0.1) is 0 Å². The van der Waals surface area contributed by atoms with Crippen molar-refractivity contribution in [1.29, 1.82) is 0 Å². The molecule has 0 N–H and O–H groups in total. The van der Waals surface area contributed by atoms with Gasteiger partial charge in [-0.05, 0) is 60.1 Å². The van der Waals surface area contributed by atoms with E-state index in [-0.39, 0.29) is 5.56 Å². The van der Waals surface area contributed by atoms with Gasteiger partial charge in [0.15, 0.2) is 5.69 Å². The number of benzene rings is 3. The largest absolute Gasteiger partial charge is 0.543 e. The van der Waals surface area contributed by atoms with Crippen LogP contribution in [0.1, 0.15) is 32.0 Å². The van der Waals surface area contributed by atoms with Crippen LogP contribution in [0.3, 0.4) is 0 Å². The first-order valence-electron chi connectivity index (χ1n) is 12.0. The van der Waals surface area contributed by atoms with Crippen LogP contribution in [-0.4, -0.2) is 23.9 Å². The summed E-state index contributed by atoms with van der Waals surface area (Å²) in [6, 6.07) is 25.3. The van der Waals surface area contributed by atoms with E-state index in [2.05, 4.69) is 45.0 Å². The van der Waals surface area contributed by atoms with Crippen LogP contribution in [0.25, 0.3) is 16.5 Å². The summed E-state index contributed by atoms with van der Waals surface area (Å²) in [7, 11) is -0.00173. The van der Waals surface area contributed by atoms with Crippen molar-refractivity contribution < 1.29 is 4.43 Å². The van der Waals surface area contributed by atoms with E-state index in [4.69, 9.17) is 9.42 Å². The second-order valence-corrected chi connectivity index (χ2v) is 13.4. The molecule has 0 unspecified atom stereocenters. The Kier molecular flexibility index (Phi) is 6.89. The second-order valence-electron chi connectivity index (χ2n) is 8.75. The summed E-state index contributed by atoms with van der Waals surface area (Å²) >= 11 is 0. The zero-order chi connectivity index (χ0) is 24.3. The van der Waals surface area contributed by atoms with Gasteiger partial charge in [-0.25, -0.2) is 9.67 Å². The van der Waals surface area contributed by atoms with Crippen molar-refractivity contribution in [2.75, 3.05) is 0 Å². The van der Waals surface area contributed by atoms with Gasteiger partial charge in [-0.1, -0.05) is 63.2 Å². The quantitative estimate of drug-likeness (QED) is 0.210. The highest BCUT2D eigenvalue weighted by atomic mass is 28.4. The molecule has 6 heteroatoms. The molecule has 0 saturated carbocycles. The standard InChI is InChI=1S/C28H33N3O2Si/c1-6-34(7-2,8-3)33-26-19-23-15-13-12-14-22(23)18-24(26)20-29-27-21(4)30(5)31(28(27)32)25-16-10-9-11-17-25/h9-20H,6-8H2,1-5H3. The molecule has 0 amide bonds. The molecule has 1 heterocycles. The monoisotopic (exact) mass is 471 g/mol. The van der Waals surface area contributed by atoms with Crippen molar-refractivity contribution in [3.63, 3.8) is 0 Å². The molecule has 0 saturated heterocycles. The third-order valence-electron chi connectivity index (χ3n) is 6.99. The van der Waals surface area contributed by atoms with Gasteiger partial charge in [-0.2, -0.15) is 0 Å². The molecule has 0 aliphatic rings. The van der Waals surface area contributed by atoms with Gasteiger partial charge in [0.1, 0.15) is 5.75 Å². The minimum atomic E-state index is -1.89. The van der Waals surface area contributed by atoms with Gasteiger partial charge in [0, 0.05) is 18.8 Å². The molecule has 1 aromatic heterocycles. The van der Waals surface area contributed by atoms with E-state index in [0.29, 0.717) is 5.69 Å². The molecule has 0 aliphatic heterocycles. The number of nitrogens with zero attached hydrogens (tertiary/aromatic N) is 3. The molecular formula is C28H33N3O2Si. The van der Waals surface area contributed by atoms with Gasteiger partial charge >= 0.3 is 0 Å². The highest BCUT2D eigenvalue weighted by molar-refractivity contribution is 6.74. The van der Waals surface area contributed by atoms with E-state index in [0.717, 1.165) is 51.6 Å². The van der Waals surface area contributed by atoms with Crippen LogP contribution in [-0.2, 0) is 7.05 Å². The second kappa shape index (κ2) is 9.85. The fourth-order valence-corrected chi connectivity index (χ4v) is 7.04. The number of rotatable bonds is 8. The summed E-state index contributed by atoms with van der Waals surface area (Å²) in [6.07, 6.45) is 1.79. The van der Waals surface area contributed by atoms with Crippen LogP contribution in [0.4, 0.5) is 5.69 Å². The first-order valence-corrected chi connectivity index (χ1v) is 14.6. The molecule has 176 valence electrons. The topological polar surface area (TPSA) is 48.5 Å². The summed E-state index contributed by atoms with van der Waals surface area (Å²) < 4.78 is 10.3. The van der Waals surface area contributed by atoms with Crippen LogP contribution in [0.15, 0.2) is 76.5 Å². The molecule has 0 radical (unpaired) electrons. The van der Waals surface area contributed by atoms with Gasteiger partial charge in [0.05, 0.1) is 11.4 Å². The normalized spacial score (nSPS) is 12.0. The SMILES string of the molecule is CC[Si](CC)(CC)Oc1cc2ccccc2cc1C=Nc1c(C)n(C)n(-c2ccccc2)c1=O. The maximum absolute atomic E-state index is 13.3. The van der Waals surface area contributed by atoms with Crippen molar-refractivity contribution in [2.45, 2.75) is 45.8 Å². The van der Waals surface area contributed by atoms with Crippen LogP contribution in [0.2, 0.25) is 18.1 Å². The number of hydrogen-bond acceptors (Lipinski definition) is 3. The minimum absolute atomic E-state index is 0.134. The molecule has 5 nitrogen and oxygen atoms in total. The Hall–Kier alpha value is -3.38. The number of fused-ring (bicyclic) bond motifs is 1. The average molecular weight is 472 g/mol. The number of hydrogen-bond donors (Lipinski definition) is 0.